The maximum absolute atomic E-state index is 13.7. The van der Waals surface area contributed by atoms with E-state index in [-0.39, 0.29) is 18.9 Å². The van der Waals surface area contributed by atoms with Crippen LogP contribution in [0.15, 0.2) is 97.1 Å². The first-order valence-electron chi connectivity index (χ1n) is 9.20. The van der Waals surface area contributed by atoms with E-state index in [1.807, 2.05) is 0 Å². The zero-order valence-electron chi connectivity index (χ0n) is 16.3. The van der Waals surface area contributed by atoms with Crippen LogP contribution in [0.1, 0.15) is 0 Å². The summed E-state index contributed by atoms with van der Waals surface area (Å²) in [6.07, 6.45) is -1.94. The minimum atomic E-state index is -1.94. The monoisotopic (exact) mass is 398 g/mol. The van der Waals surface area contributed by atoms with Crippen LogP contribution in [-0.4, -0.2) is 6.15 Å². The normalized spacial score (nSPS) is 11.1. The molecular weight excluding hydrogens is 382 g/mol. The van der Waals surface area contributed by atoms with E-state index in [0.29, 0.717) is 0 Å². The largest absolute Gasteiger partial charge is 1.00 e. The second-order valence-electron chi connectivity index (χ2n) is 7.07. The molecule has 0 spiro atoms. The Morgan fingerprint density at radius 2 is 0.500 bits per heavy atom. The Morgan fingerprint density at radius 1 is 0.333 bits per heavy atom. The van der Waals surface area contributed by atoms with Gasteiger partial charge in [0.25, 0.3) is 0 Å². The van der Waals surface area contributed by atoms with Crippen LogP contribution < -0.4 is 40.7 Å². The molecule has 0 aliphatic rings. The minimum Gasteiger partial charge on any atom is -0.207 e. The quantitative estimate of drug-likeness (QED) is 0.350. The van der Waals surface area contributed by atoms with Crippen molar-refractivity contribution < 1.29 is 36.4 Å². The predicted octanol–water partition coefficient (Wildman–Crippen LogP) is 0.624. The third-order valence-electron chi connectivity index (χ3n) is 5.48. The molecular formula is C24H16BF4Li. The van der Waals surface area contributed by atoms with Gasteiger partial charge < -0.3 is 0 Å². The van der Waals surface area contributed by atoms with Crippen molar-refractivity contribution >= 4 is 28.0 Å². The summed E-state index contributed by atoms with van der Waals surface area (Å²) in [6.45, 7) is 0. The van der Waals surface area contributed by atoms with Crippen molar-refractivity contribution in [2.75, 3.05) is 0 Å². The molecule has 0 amide bonds. The van der Waals surface area contributed by atoms with E-state index >= 15 is 0 Å². The van der Waals surface area contributed by atoms with Crippen LogP contribution in [0.2, 0.25) is 0 Å². The van der Waals surface area contributed by atoms with E-state index in [0.717, 1.165) is 21.9 Å². The van der Waals surface area contributed by atoms with Gasteiger partial charge in [0.1, 0.15) is 29.4 Å². The molecule has 30 heavy (non-hydrogen) atoms. The van der Waals surface area contributed by atoms with Crippen molar-refractivity contribution in [1.82, 2.24) is 0 Å². The van der Waals surface area contributed by atoms with Crippen LogP contribution in [0, 0.1) is 23.3 Å². The van der Waals surface area contributed by atoms with Gasteiger partial charge in [0.2, 0.25) is 0 Å². The van der Waals surface area contributed by atoms with Crippen LogP contribution >= 0.6 is 0 Å². The Kier molecular flexibility index (Phi) is 6.55. The topological polar surface area (TPSA) is 0 Å². The molecule has 0 fully saturated rings. The molecule has 0 aliphatic heterocycles. The second-order valence-corrected chi connectivity index (χ2v) is 7.07. The van der Waals surface area contributed by atoms with Crippen LogP contribution in [0.3, 0.4) is 0 Å². The standard InChI is InChI=1S/C24H16BF4.Li/c26-21-9-1-17(2-10-21)25(18-3-11-22(27)12-4-18,19-5-13-23(28)14-6-19)20-7-15-24(29)16-8-20;/h1-16H;/q-1;+1. The van der Waals surface area contributed by atoms with Gasteiger partial charge in [-0.05, 0) is 48.5 Å². The average molecular weight is 398 g/mol. The molecule has 0 unspecified atom stereocenters. The molecule has 4 aromatic rings. The number of halogens is 4. The van der Waals surface area contributed by atoms with E-state index in [9.17, 15) is 17.6 Å². The van der Waals surface area contributed by atoms with Gasteiger partial charge in [-0.25, -0.2) is 17.6 Å². The van der Waals surface area contributed by atoms with Crippen molar-refractivity contribution in [1.29, 1.82) is 0 Å². The first-order chi connectivity index (χ1) is 14.0. The summed E-state index contributed by atoms with van der Waals surface area (Å²) in [4.78, 5) is 0. The van der Waals surface area contributed by atoms with Gasteiger partial charge in [0.05, 0.1) is 0 Å². The van der Waals surface area contributed by atoms with E-state index in [4.69, 9.17) is 0 Å². The average Bonchev–Trinajstić information content (AvgIpc) is 2.73. The van der Waals surface area contributed by atoms with Gasteiger partial charge in [0, 0.05) is 0 Å². The summed E-state index contributed by atoms with van der Waals surface area (Å²) < 4.78 is 54.8. The molecule has 0 aliphatic carbocycles. The summed E-state index contributed by atoms with van der Waals surface area (Å²) >= 11 is 0. The van der Waals surface area contributed by atoms with Gasteiger partial charge in [0.15, 0.2) is 0 Å². The number of hydrogen-bond acceptors (Lipinski definition) is 0. The fourth-order valence-corrected chi connectivity index (χ4v) is 4.16. The Balaban J connectivity index is 0.00000256. The Hall–Kier alpha value is -2.74. The van der Waals surface area contributed by atoms with Crippen LogP contribution in [0.5, 0.6) is 0 Å². The molecule has 0 bridgehead atoms. The first kappa shape index (κ1) is 22.0. The van der Waals surface area contributed by atoms with Gasteiger partial charge in [-0.15, -0.1) is 0 Å². The fraction of sp³-hybridized carbons (Fsp3) is 0. The van der Waals surface area contributed by atoms with E-state index in [1.165, 1.54) is 48.5 Å². The van der Waals surface area contributed by atoms with Gasteiger partial charge in [-0.2, -0.15) is 21.9 Å². The summed E-state index contributed by atoms with van der Waals surface area (Å²) in [7, 11) is 0. The fourth-order valence-electron chi connectivity index (χ4n) is 4.16. The minimum absolute atomic E-state index is 0. The summed E-state index contributed by atoms with van der Waals surface area (Å²) in [5, 5.41) is 0. The maximum Gasteiger partial charge on any atom is 1.00 e. The van der Waals surface area contributed by atoms with Crippen molar-refractivity contribution in [3.8, 4) is 0 Å². The van der Waals surface area contributed by atoms with Gasteiger partial charge in [-0.3, -0.25) is 0 Å². The van der Waals surface area contributed by atoms with Crippen LogP contribution in [0.4, 0.5) is 17.6 Å². The van der Waals surface area contributed by atoms with Crippen molar-refractivity contribution in [2.45, 2.75) is 0 Å². The van der Waals surface area contributed by atoms with Crippen molar-refractivity contribution in [3.63, 3.8) is 0 Å². The number of benzene rings is 4. The Bertz CT molecular complexity index is 922. The van der Waals surface area contributed by atoms with Crippen LogP contribution in [-0.2, 0) is 0 Å². The summed E-state index contributed by atoms with van der Waals surface area (Å²) in [5.74, 6) is -1.57. The van der Waals surface area contributed by atoms with E-state index in [2.05, 4.69) is 0 Å². The second kappa shape index (κ2) is 8.95. The smallest absolute Gasteiger partial charge is 0.207 e. The molecule has 0 aromatic heterocycles. The van der Waals surface area contributed by atoms with Crippen LogP contribution in [0.25, 0.3) is 0 Å². The zero-order valence-corrected chi connectivity index (χ0v) is 16.3. The van der Waals surface area contributed by atoms with Gasteiger partial charge >= 0.3 is 18.9 Å². The Morgan fingerprint density at radius 3 is 0.667 bits per heavy atom. The van der Waals surface area contributed by atoms with E-state index in [1.54, 1.807) is 48.5 Å². The first-order valence-corrected chi connectivity index (χ1v) is 9.20. The van der Waals surface area contributed by atoms with Crippen molar-refractivity contribution in [2.24, 2.45) is 0 Å². The molecule has 0 saturated carbocycles. The molecule has 4 rings (SSSR count). The zero-order chi connectivity index (χ0) is 20.4. The molecule has 0 radical (unpaired) electrons. The molecule has 6 heteroatoms. The van der Waals surface area contributed by atoms with E-state index < -0.39 is 29.4 Å². The number of rotatable bonds is 4. The third-order valence-corrected chi connectivity index (χ3v) is 5.48. The third kappa shape index (κ3) is 3.96. The van der Waals surface area contributed by atoms with Gasteiger partial charge in [-0.1, -0.05) is 48.5 Å². The summed E-state index contributed by atoms with van der Waals surface area (Å²) in [6, 6.07) is 24.1. The number of hydrogen-bond donors (Lipinski definition) is 0. The predicted molar refractivity (Wildman–Crippen MR) is 110 cm³/mol. The molecule has 0 N–H and O–H groups in total. The molecule has 4 aromatic carbocycles. The maximum atomic E-state index is 13.7. The summed E-state index contributed by atoms with van der Waals surface area (Å²) in [5.41, 5.74) is 2.99. The molecule has 0 atom stereocenters. The molecule has 144 valence electrons. The Labute approximate surface area is 184 Å². The molecule has 0 saturated heterocycles. The SMILES string of the molecule is Fc1ccc([B-](c2ccc(F)cc2)(c2ccc(F)cc2)c2ccc(F)cc2)cc1.[Li+]. The molecule has 0 heterocycles. The molecule has 0 nitrogen and oxygen atoms in total. The van der Waals surface area contributed by atoms with Crippen molar-refractivity contribution in [3.05, 3.63) is 120 Å².